The molecule has 0 unspecified atom stereocenters. The van der Waals surface area contributed by atoms with Crippen molar-refractivity contribution >= 4 is 5.82 Å². The van der Waals surface area contributed by atoms with Gasteiger partial charge in [0.1, 0.15) is 23.3 Å². The second-order valence-electron chi connectivity index (χ2n) is 5.89. The molecule has 132 valence electrons. The van der Waals surface area contributed by atoms with Crippen molar-refractivity contribution in [3.8, 4) is 11.9 Å². The topological polar surface area (TPSA) is 92.3 Å². The number of hydrogen-bond donors (Lipinski definition) is 1. The standard InChI is InChI=1S/C19H21N7/c1-4-15-16(10-20)19(25-24-17(15)5-2)23-12-14-6-7-18(22-11-14)26-9-8-21-13(26)3/h6-9,11H,4-5,12H2,1-3H3,(H,23,25). The lowest BCUT2D eigenvalue weighted by atomic mass is 10.0. The molecule has 3 rings (SSSR count). The maximum absolute atomic E-state index is 9.54. The van der Waals surface area contributed by atoms with Crippen LogP contribution < -0.4 is 5.32 Å². The molecule has 0 saturated carbocycles. The van der Waals surface area contributed by atoms with Crippen LogP contribution in [0, 0.1) is 18.3 Å². The molecule has 0 aliphatic rings. The largest absolute Gasteiger partial charge is 0.363 e. The van der Waals surface area contributed by atoms with Gasteiger partial charge < -0.3 is 5.32 Å². The number of nitrogens with one attached hydrogen (secondary N) is 1. The number of hydrogen-bond acceptors (Lipinski definition) is 6. The van der Waals surface area contributed by atoms with E-state index < -0.39 is 0 Å². The number of imidazole rings is 1. The molecule has 0 fully saturated rings. The van der Waals surface area contributed by atoms with Crippen LogP contribution in [0.25, 0.3) is 5.82 Å². The SMILES string of the molecule is CCc1nnc(NCc2ccc(-n3ccnc3C)nc2)c(C#N)c1CC. The third-order valence-electron chi connectivity index (χ3n) is 4.30. The number of aromatic nitrogens is 5. The van der Waals surface area contributed by atoms with Crippen LogP contribution >= 0.6 is 0 Å². The summed E-state index contributed by atoms with van der Waals surface area (Å²) in [6, 6.07) is 6.21. The van der Waals surface area contributed by atoms with E-state index in [2.05, 4.69) is 31.6 Å². The molecule has 0 radical (unpaired) electrons. The van der Waals surface area contributed by atoms with Gasteiger partial charge in [-0.3, -0.25) is 4.57 Å². The maximum atomic E-state index is 9.54. The summed E-state index contributed by atoms with van der Waals surface area (Å²) < 4.78 is 1.92. The van der Waals surface area contributed by atoms with E-state index in [1.54, 1.807) is 6.20 Å². The fraction of sp³-hybridized carbons (Fsp3) is 0.316. The summed E-state index contributed by atoms with van der Waals surface area (Å²) in [6.07, 6.45) is 6.97. The highest BCUT2D eigenvalue weighted by atomic mass is 15.2. The summed E-state index contributed by atoms with van der Waals surface area (Å²) in [4.78, 5) is 8.69. The van der Waals surface area contributed by atoms with Crippen molar-refractivity contribution < 1.29 is 0 Å². The van der Waals surface area contributed by atoms with Crippen LogP contribution in [0.2, 0.25) is 0 Å². The monoisotopic (exact) mass is 347 g/mol. The lowest BCUT2D eigenvalue weighted by Gasteiger charge is -2.12. The zero-order valence-corrected chi connectivity index (χ0v) is 15.2. The van der Waals surface area contributed by atoms with Crippen LogP contribution in [0.5, 0.6) is 0 Å². The fourth-order valence-electron chi connectivity index (χ4n) is 2.89. The van der Waals surface area contributed by atoms with E-state index in [1.165, 1.54) is 0 Å². The van der Waals surface area contributed by atoms with Gasteiger partial charge in [-0.1, -0.05) is 19.9 Å². The Morgan fingerprint density at radius 3 is 2.58 bits per heavy atom. The molecule has 0 saturated heterocycles. The van der Waals surface area contributed by atoms with Gasteiger partial charge in [0, 0.05) is 25.1 Å². The van der Waals surface area contributed by atoms with Crippen LogP contribution in [0.3, 0.4) is 0 Å². The highest BCUT2D eigenvalue weighted by Gasteiger charge is 2.14. The average molecular weight is 347 g/mol. The van der Waals surface area contributed by atoms with Gasteiger partial charge in [-0.15, -0.1) is 5.10 Å². The number of nitrogens with zero attached hydrogens (tertiary/aromatic N) is 6. The molecule has 26 heavy (non-hydrogen) atoms. The Morgan fingerprint density at radius 1 is 1.15 bits per heavy atom. The molecule has 3 aromatic rings. The average Bonchev–Trinajstić information content (AvgIpc) is 3.11. The van der Waals surface area contributed by atoms with Gasteiger partial charge in [-0.25, -0.2) is 9.97 Å². The van der Waals surface area contributed by atoms with Crippen LogP contribution in [0.15, 0.2) is 30.7 Å². The molecule has 3 aromatic heterocycles. The number of pyridine rings is 1. The van der Waals surface area contributed by atoms with E-state index in [-0.39, 0.29) is 0 Å². The van der Waals surface area contributed by atoms with Crippen molar-refractivity contribution in [2.24, 2.45) is 0 Å². The molecule has 0 bridgehead atoms. The van der Waals surface area contributed by atoms with Crippen molar-refractivity contribution in [3.63, 3.8) is 0 Å². The summed E-state index contributed by atoms with van der Waals surface area (Å²) in [7, 11) is 0. The zero-order valence-electron chi connectivity index (χ0n) is 15.2. The molecule has 0 amide bonds. The Bertz CT molecular complexity index is 936. The Balaban J connectivity index is 1.77. The summed E-state index contributed by atoms with van der Waals surface area (Å²) in [6.45, 7) is 6.51. The minimum Gasteiger partial charge on any atom is -0.363 e. The lowest BCUT2D eigenvalue weighted by molar-refractivity contribution is 0.868. The fourth-order valence-corrected chi connectivity index (χ4v) is 2.89. The van der Waals surface area contributed by atoms with E-state index >= 15 is 0 Å². The highest BCUT2D eigenvalue weighted by molar-refractivity contribution is 5.56. The first-order valence-electron chi connectivity index (χ1n) is 8.65. The summed E-state index contributed by atoms with van der Waals surface area (Å²) in [5.74, 6) is 2.23. The maximum Gasteiger partial charge on any atom is 0.167 e. The Morgan fingerprint density at radius 2 is 2.00 bits per heavy atom. The Labute approximate surface area is 152 Å². The lowest BCUT2D eigenvalue weighted by Crippen LogP contribution is -2.10. The first-order chi connectivity index (χ1) is 12.7. The number of anilines is 1. The first-order valence-corrected chi connectivity index (χ1v) is 8.65. The summed E-state index contributed by atoms with van der Waals surface area (Å²) >= 11 is 0. The predicted molar refractivity (Wildman–Crippen MR) is 98.9 cm³/mol. The second kappa shape index (κ2) is 7.74. The van der Waals surface area contributed by atoms with Gasteiger partial charge in [-0.2, -0.15) is 10.4 Å². The quantitative estimate of drug-likeness (QED) is 0.737. The van der Waals surface area contributed by atoms with Crippen molar-refractivity contribution in [2.75, 3.05) is 5.32 Å². The van der Waals surface area contributed by atoms with E-state index in [4.69, 9.17) is 0 Å². The molecule has 0 spiro atoms. The van der Waals surface area contributed by atoms with Crippen LogP contribution in [-0.2, 0) is 19.4 Å². The van der Waals surface area contributed by atoms with Crippen molar-refractivity contribution in [3.05, 3.63) is 58.9 Å². The minimum atomic E-state index is 0.522. The van der Waals surface area contributed by atoms with Gasteiger partial charge in [0.15, 0.2) is 5.82 Å². The highest BCUT2D eigenvalue weighted by Crippen LogP contribution is 2.20. The van der Waals surface area contributed by atoms with Crippen molar-refractivity contribution in [1.82, 2.24) is 24.7 Å². The molecule has 1 N–H and O–H groups in total. The van der Waals surface area contributed by atoms with Crippen molar-refractivity contribution in [1.29, 1.82) is 5.26 Å². The molecular formula is C19H21N7. The first kappa shape index (κ1) is 17.5. The molecule has 3 heterocycles. The van der Waals surface area contributed by atoms with Gasteiger partial charge in [0.25, 0.3) is 0 Å². The molecule has 7 heteroatoms. The summed E-state index contributed by atoms with van der Waals surface area (Å²) in [5, 5.41) is 21.2. The minimum absolute atomic E-state index is 0.522. The van der Waals surface area contributed by atoms with E-state index in [1.807, 2.05) is 49.9 Å². The normalized spacial score (nSPS) is 10.5. The molecule has 0 atom stereocenters. The van der Waals surface area contributed by atoms with Crippen LogP contribution in [0.1, 0.15) is 42.1 Å². The zero-order chi connectivity index (χ0) is 18.5. The third-order valence-corrected chi connectivity index (χ3v) is 4.30. The Hall–Kier alpha value is -3.27. The molecule has 0 aliphatic heterocycles. The molecular weight excluding hydrogens is 326 g/mol. The molecule has 0 aromatic carbocycles. The van der Waals surface area contributed by atoms with Crippen molar-refractivity contribution in [2.45, 2.75) is 40.2 Å². The van der Waals surface area contributed by atoms with Gasteiger partial charge in [-0.05, 0) is 37.0 Å². The van der Waals surface area contributed by atoms with E-state index in [0.717, 1.165) is 41.3 Å². The number of rotatable bonds is 6. The molecule has 0 aliphatic carbocycles. The molecule has 7 nitrogen and oxygen atoms in total. The van der Waals surface area contributed by atoms with Crippen LogP contribution in [0.4, 0.5) is 5.82 Å². The second-order valence-corrected chi connectivity index (χ2v) is 5.89. The van der Waals surface area contributed by atoms with Gasteiger partial charge in [0.05, 0.1) is 5.69 Å². The summed E-state index contributed by atoms with van der Waals surface area (Å²) in [5.41, 5.74) is 3.43. The smallest absolute Gasteiger partial charge is 0.167 e. The van der Waals surface area contributed by atoms with Gasteiger partial charge in [0.2, 0.25) is 0 Å². The number of aryl methyl sites for hydroxylation is 2. The predicted octanol–water partition coefficient (Wildman–Crippen LogP) is 2.97. The Kier molecular flexibility index (Phi) is 5.23. The van der Waals surface area contributed by atoms with E-state index in [9.17, 15) is 5.26 Å². The van der Waals surface area contributed by atoms with E-state index in [0.29, 0.717) is 17.9 Å². The van der Waals surface area contributed by atoms with Gasteiger partial charge >= 0.3 is 0 Å². The number of nitriles is 1. The third kappa shape index (κ3) is 3.40. The van der Waals surface area contributed by atoms with Crippen LogP contribution in [-0.4, -0.2) is 24.7 Å².